The van der Waals surface area contributed by atoms with Crippen LogP contribution >= 0.6 is 0 Å². The summed E-state index contributed by atoms with van der Waals surface area (Å²) in [5.74, 6) is -1.42. The van der Waals surface area contributed by atoms with E-state index in [-0.39, 0.29) is 18.8 Å². The van der Waals surface area contributed by atoms with E-state index in [4.69, 9.17) is 9.47 Å². The molecule has 6 heteroatoms. The smallest absolute Gasteiger partial charge is 0.347 e. The fourth-order valence-corrected chi connectivity index (χ4v) is 1.18. The zero-order valence-corrected chi connectivity index (χ0v) is 10.4. The highest BCUT2D eigenvalue weighted by atomic mass is 16.6. The zero-order chi connectivity index (χ0) is 13.4. The molecule has 0 spiro atoms. The van der Waals surface area contributed by atoms with Crippen molar-refractivity contribution in [3.8, 4) is 0 Å². The molecule has 0 atom stereocenters. The van der Waals surface area contributed by atoms with Gasteiger partial charge in [-0.2, -0.15) is 0 Å². The molecule has 0 aliphatic heterocycles. The van der Waals surface area contributed by atoms with Crippen molar-refractivity contribution in [3.05, 3.63) is 36.3 Å². The van der Waals surface area contributed by atoms with E-state index in [2.05, 4.69) is 5.43 Å². The number of hydrogen-bond donors (Lipinski definition) is 1. The largest absolute Gasteiger partial charge is 0.462 e. The maximum atomic E-state index is 11.6. The van der Waals surface area contributed by atoms with E-state index in [1.54, 1.807) is 43.0 Å². The Bertz CT molecular complexity index is 403. The van der Waals surface area contributed by atoms with Gasteiger partial charge in [-0.25, -0.2) is 9.59 Å². The minimum atomic E-state index is -0.712. The van der Waals surface area contributed by atoms with Crippen LogP contribution in [0.4, 0.5) is 0 Å². The summed E-state index contributed by atoms with van der Waals surface area (Å²) in [5, 5.41) is 0. The normalized spacial score (nSPS) is 9.44. The van der Waals surface area contributed by atoms with Gasteiger partial charge in [-0.3, -0.25) is 4.68 Å². The van der Waals surface area contributed by atoms with Crippen LogP contribution in [0.2, 0.25) is 0 Å². The molecule has 98 valence electrons. The third-order valence-corrected chi connectivity index (χ3v) is 1.95. The van der Waals surface area contributed by atoms with E-state index >= 15 is 0 Å². The number of aromatic nitrogens is 1. The minimum absolute atomic E-state index is 0.174. The maximum Gasteiger partial charge on any atom is 0.347 e. The highest BCUT2D eigenvalue weighted by molar-refractivity contribution is 6.14. The topological polar surface area (TPSA) is 69.6 Å². The molecular weight excluding hydrogens is 236 g/mol. The summed E-state index contributed by atoms with van der Waals surface area (Å²) < 4.78 is 11.1. The lowest BCUT2D eigenvalue weighted by molar-refractivity contribution is -0.146. The Hall–Kier alpha value is -2.24. The molecule has 0 amide bonds. The zero-order valence-electron chi connectivity index (χ0n) is 10.4. The van der Waals surface area contributed by atoms with Crippen molar-refractivity contribution < 1.29 is 19.1 Å². The van der Waals surface area contributed by atoms with Gasteiger partial charge in [0.2, 0.25) is 0 Å². The second-order valence-corrected chi connectivity index (χ2v) is 3.22. The second-order valence-electron chi connectivity index (χ2n) is 3.22. The summed E-state index contributed by atoms with van der Waals surface area (Å²) in [6.07, 6.45) is 4.71. The average molecular weight is 252 g/mol. The maximum absolute atomic E-state index is 11.6. The molecule has 1 aromatic heterocycles. The van der Waals surface area contributed by atoms with Crippen molar-refractivity contribution in [1.29, 1.82) is 0 Å². The molecule has 18 heavy (non-hydrogen) atoms. The number of nitrogens with one attached hydrogen (secondary N) is 1. The fourth-order valence-electron chi connectivity index (χ4n) is 1.18. The summed E-state index contributed by atoms with van der Waals surface area (Å²) in [6, 6.07) is 3.60. The standard InChI is InChI=1S/C12H16N2O4/c1-3-17-11(15)10(12(16)18-4-2)9-13-14-7-5-6-8-14/h5-9,13H,3-4H2,1-2H3. The van der Waals surface area contributed by atoms with Gasteiger partial charge in [0, 0.05) is 18.6 Å². The van der Waals surface area contributed by atoms with Crippen LogP contribution in [-0.2, 0) is 19.1 Å². The lowest BCUT2D eigenvalue weighted by atomic mass is 10.3. The Morgan fingerprint density at radius 3 is 2.06 bits per heavy atom. The Morgan fingerprint density at radius 2 is 1.61 bits per heavy atom. The van der Waals surface area contributed by atoms with Crippen LogP contribution in [0.3, 0.4) is 0 Å². The van der Waals surface area contributed by atoms with E-state index in [0.717, 1.165) is 0 Å². The Kier molecular flexibility index (Phi) is 5.50. The van der Waals surface area contributed by atoms with Crippen molar-refractivity contribution in [1.82, 2.24) is 4.68 Å². The molecule has 0 aromatic carbocycles. The van der Waals surface area contributed by atoms with Gasteiger partial charge in [0.1, 0.15) is 0 Å². The molecule has 1 rings (SSSR count). The van der Waals surface area contributed by atoms with Crippen LogP contribution in [0.15, 0.2) is 36.3 Å². The van der Waals surface area contributed by atoms with Crippen molar-refractivity contribution in [2.45, 2.75) is 13.8 Å². The third-order valence-electron chi connectivity index (χ3n) is 1.95. The van der Waals surface area contributed by atoms with Crippen molar-refractivity contribution in [3.63, 3.8) is 0 Å². The molecule has 0 radical (unpaired) electrons. The molecule has 0 fully saturated rings. The summed E-state index contributed by atoms with van der Waals surface area (Å²) in [6.45, 7) is 3.72. The number of rotatable bonds is 6. The predicted molar refractivity (Wildman–Crippen MR) is 65.1 cm³/mol. The van der Waals surface area contributed by atoms with Gasteiger partial charge in [-0.05, 0) is 26.0 Å². The van der Waals surface area contributed by atoms with Crippen LogP contribution in [-0.4, -0.2) is 29.8 Å². The minimum Gasteiger partial charge on any atom is -0.462 e. The third kappa shape index (κ3) is 3.97. The first-order valence-corrected chi connectivity index (χ1v) is 5.63. The second kappa shape index (κ2) is 7.16. The number of nitrogens with zero attached hydrogens (tertiary/aromatic N) is 1. The van der Waals surface area contributed by atoms with Crippen LogP contribution in [0.1, 0.15) is 13.8 Å². The van der Waals surface area contributed by atoms with Gasteiger partial charge in [-0.15, -0.1) is 0 Å². The lowest BCUT2D eigenvalue weighted by Crippen LogP contribution is -2.21. The van der Waals surface area contributed by atoms with E-state index in [1.165, 1.54) is 6.20 Å². The highest BCUT2D eigenvalue weighted by Crippen LogP contribution is 2.02. The first-order valence-electron chi connectivity index (χ1n) is 5.63. The van der Waals surface area contributed by atoms with Crippen molar-refractivity contribution in [2.24, 2.45) is 0 Å². The quantitative estimate of drug-likeness (QED) is 0.354. The molecule has 1 N–H and O–H groups in total. The molecule has 0 unspecified atom stereocenters. The van der Waals surface area contributed by atoms with E-state index < -0.39 is 11.9 Å². The van der Waals surface area contributed by atoms with E-state index in [9.17, 15) is 9.59 Å². The van der Waals surface area contributed by atoms with Crippen molar-refractivity contribution in [2.75, 3.05) is 18.6 Å². The first-order chi connectivity index (χ1) is 8.69. The number of carbonyl (C=O) groups excluding carboxylic acids is 2. The number of ether oxygens (including phenoxy) is 2. The monoisotopic (exact) mass is 252 g/mol. The van der Waals surface area contributed by atoms with Gasteiger partial charge in [0.05, 0.1) is 13.2 Å². The van der Waals surface area contributed by atoms with Gasteiger partial charge in [0.25, 0.3) is 0 Å². The molecule has 1 heterocycles. The van der Waals surface area contributed by atoms with E-state index in [0.29, 0.717) is 0 Å². The molecule has 0 bridgehead atoms. The molecule has 6 nitrogen and oxygen atoms in total. The summed E-state index contributed by atoms with van der Waals surface area (Å²) in [7, 11) is 0. The molecule has 0 aliphatic carbocycles. The van der Waals surface area contributed by atoms with E-state index in [1.807, 2.05) is 0 Å². The molecule has 1 aromatic rings. The van der Waals surface area contributed by atoms with Crippen LogP contribution in [0.5, 0.6) is 0 Å². The lowest BCUT2D eigenvalue weighted by Gasteiger charge is -2.08. The molecule has 0 saturated carbocycles. The Morgan fingerprint density at radius 1 is 1.11 bits per heavy atom. The molecule has 0 aliphatic rings. The highest BCUT2D eigenvalue weighted by Gasteiger charge is 2.20. The Labute approximate surface area is 105 Å². The number of hydrogen-bond acceptors (Lipinski definition) is 5. The first kappa shape index (κ1) is 13.8. The number of esters is 2. The average Bonchev–Trinajstić information content (AvgIpc) is 2.83. The van der Waals surface area contributed by atoms with Gasteiger partial charge in [-0.1, -0.05) is 0 Å². The van der Waals surface area contributed by atoms with Crippen molar-refractivity contribution >= 4 is 11.9 Å². The fraction of sp³-hybridized carbons (Fsp3) is 0.333. The van der Waals surface area contributed by atoms with Crippen LogP contribution < -0.4 is 5.43 Å². The van der Waals surface area contributed by atoms with Crippen LogP contribution in [0.25, 0.3) is 0 Å². The SMILES string of the molecule is CCOC(=O)C(=CNn1cccc1)C(=O)OCC. The predicted octanol–water partition coefficient (Wildman–Crippen LogP) is 1.04. The number of carbonyl (C=O) groups is 2. The molecule has 0 saturated heterocycles. The summed E-state index contributed by atoms with van der Waals surface area (Å²) in [4.78, 5) is 23.2. The van der Waals surface area contributed by atoms with Gasteiger partial charge in [0.15, 0.2) is 5.57 Å². The Balaban J connectivity index is 2.78. The van der Waals surface area contributed by atoms with Crippen LogP contribution in [0, 0.1) is 0 Å². The van der Waals surface area contributed by atoms with Gasteiger partial charge >= 0.3 is 11.9 Å². The molecular formula is C12H16N2O4. The summed E-state index contributed by atoms with van der Waals surface area (Å²) >= 11 is 0. The summed E-state index contributed by atoms with van der Waals surface area (Å²) in [5.41, 5.74) is 2.58. The van der Waals surface area contributed by atoms with Gasteiger partial charge < -0.3 is 14.9 Å².